The topological polar surface area (TPSA) is 81.4 Å². The maximum Gasteiger partial charge on any atom is 0.262 e. The van der Waals surface area contributed by atoms with Crippen LogP contribution in [-0.4, -0.2) is 18.4 Å². The van der Waals surface area contributed by atoms with Crippen molar-refractivity contribution in [1.82, 2.24) is 0 Å². The van der Waals surface area contributed by atoms with Crippen molar-refractivity contribution in [2.24, 2.45) is 5.73 Å². The van der Waals surface area contributed by atoms with Crippen LogP contribution in [0.15, 0.2) is 46.9 Å². The molecule has 0 aliphatic heterocycles. The van der Waals surface area contributed by atoms with Gasteiger partial charge in [-0.25, -0.2) is 0 Å². The number of carbonyl (C=O) groups is 2. The van der Waals surface area contributed by atoms with Crippen LogP contribution in [0.2, 0.25) is 5.02 Å². The van der Waals surface area contributed by atoms with Gasteiger partial charge < -0.3 is 15.8 Å². The highest BCUT2D eigenvalue weighted by Crippen LogP contribution is 2.27. The summed E-state index contributed by atoms with van der Waals surface area (Å²) < 4.78 is 6.17. The van der Waals surface area contributed by atoms with Crippen LogP contribution in [0.5, 0.6) is 5.75 Å². The van der Waals surface area contributed by atoms with Crippen molar-refractivity contribution in [1.29, 1.82) is 0 Å². The van der Waals surface area contributed by atoms with Gasteiger partial charge >= 0.3 is 0 Å². The van der Waals surface area contributed by atoms with Gasteiger partial charge in [-0.05, 0) is 42.5 Å². The third-order valence-corrected chi connectivity index (χ3v) is 3.49. The maximum absolute atomic E-state index is 11.8. The molecule has 2 rings (SSSR count). The van der Waals surface area contributed by atoms with E-state index in [4.69, 9.17) is 22.1 Å². The molecule has 3 N–H and O–H groups in total. The van der Waals surface area contributed by atoms with E-state index in [1.165, 1.54) is 12.1 Å². The Kier molecular flexibility index (Phi) is 5.41. The molecular weight excluding hydrogens is 372 g/mol. The number of primary amides is 1. The largest absolute Gasteiger partial charge is 0.482 e. The molecule has 0 aliphatic carbocycles. The molecule has 0 saturated heterocycles. The molecule has 5 nitrogen and oxygen atoms in total. The molecule has 0 heterocycles. The number of nitrogens with two attached hydrogens (primary N) is 1. The van der Waals surface area contributed by atoms with Gasteiger partial charge in [0.2, 0.25) is 5.91 Å². The number of halogens is 2. The second-order valence-corrected chi connectivity index (χ2v) is 5.68. The number of benzene rings is 2. The average molecular weight is 384 g/mol. The van der Waals surface area contributed by atoms with Gasteiger partial charge in [-0.2, -0.15) is 0 Å². The smallest absolute Gasteiger partial charge is 0.262 e. The molecule has 2 aromatic rings. The Morgan fingerprint density at radius 2 is 1.86 bits per heavy atom. The van der Waals surface area contributed by atoms with Crippen LogP contribution in [0.4, 0.5) is 5.69 Å². The van der Waals surface area contributed by atoms with Crippen molar-refractivity contribution in [2.75, 3.05) is 11.9 Å². The first kappa shape index (κ1) is 16.3. The highest BCUT2D eigenvalue weighted by atomic mass is 79.9. The van der Waals surface area contributed by atoms with Crippen molar-refractivity contribution in [2.45, 2.75) is 0 Å². The van der Waals surface area contributed by atoms with Crippen LogP contribution in [0.1, 0.15) is 10.4 Å². The Balaban J connectivity index is 1.91. The Labute approximate surface area is 140 Å². The standard InChI is InChI=1S/C15H12BrClN2O3/c16-10-3-6-13(12(17)7-10)22-8-14(20)19-11-4-1-9(2-5-11)15(18)21/h1-7H,8H2,(H2,18,21)(H,19,20). The van der Waals surface area contributed by atoms with E-state index >= 15 is 0 Å². The number of hydrogen-bond acceptors (Lipinski definition) is 3. The normalized spacial score (nSPS) is 10.1. The van der Waals surface area contributed by atoms with Gasteiger partial charge in [-0.3, -0.25) is 9.59 Å². The van der Waals surface area contributed by atoms with E-state index in [1.54, 1.807) is 30.3 Å². The molecule has 7 heteroatoms. The van der Waals surface area contributed by atoms with Gasteiger partial charge in [0.1, 0.15) is 5.75 Å². The Morgan fingerprint density at radius 3 is 2.45 bits per heavy atom. The zero-order valence-corrected chi connectivity index (χ0v) is 13.6. The van der Waals surface area contributed by atoms with Gasteiger partial charge in [-0.15, -0.1) is 0 Å². The van der Waals surface area contributed by atoms with Crippen LogP contribution in [0.3, 0.4) is 0 Å². The summed E-state index contributed by atoms with van der Waals surface area (Å²) in [6.07, 6.45) is 0. The molecule has 2 aromatic carbocycles. The molecule has 22 heavy (non-hydrogen) atoms. The first-order valence-electron chi connectivity index (χ1n) is 6.23. The third kappa shape index (κ3) is 4.47. The highest BCUT2D eigenvalue weighted by molar-refractivity contribution is 9.10. The molecule has 0 radical (unpaired) electrons. The van der Waals surface area contributed by atoms with Gasteiger partial charge in [0, 0.05) is 15.7 Å². The predicted molar refractivity (Wildman–Crippen MR) is 88.2 cm³/mol. The number of amides is 2. The van der Waals surface area contributed by atoms with Crippen LogP contribution in [0.25, 0.3) is 0 Å². The Hall–Kier alpha value is -2.05. The SMILES string of the molecule is NC(=O)c1ccc(NC(=O)COc2ccc(Br)cc2Cl)cc1. The van der Waals surface area contributed by atoms with E-state index in [-0.39, 0.29) is 12.5 Å². The molecule has 0 spiro atoms. The highest BCUT2D eigenvalue weighted by Gasteiger charge is 2.07. The maximum atomic E-state index is 11.8. The van der Waals surface area contributed by atoms with Gasteiger partial charge in [0.05, 0.1) is 5.02 Å². The summed E-state index contributed by atoms with van der Waals surface area (Å²) in [6.45, 7) is -0.182. The fourth-order valence-corrected chi connectivity index (χ4v) is 2.38. The Morgan fingerprint density at radius 1 is 1.18 bits per heavy atom. The lowest BCUT2D eigenvalue weighted by Gasteiger charge is -2.09. The van der Waals surface area contributed by atoms with E-state index < -0.39 is 5.91 Å². The summed E-state index contributed by atoms with van der Waals surface area (Å²) in [5.41, 5.74) is 6.05. The molecule has 0 aromatic heterocycles. The second-order valence-electron chi connectivity index (χ2n) is 4.35. The zero-order valence-electron chi connectivity index (χ0n) is 11.3. The quantitative estimate of drug-likeness (QED) is 0.832. The van der Waals surface area contributed by atoms with E-state index in [0.717, 1.165) is 4.47 Å². The Bertz CT molecular complexity index is 704. The van der Waals surface area contributed by atoms with E-state index in [1.807, 2.05) is 0 Å². The zero-order chi connectivity index (χ0) is 16.1. The molecular formula is C15H12BrClN2O3. The minimum atomic E-state index is -0.522. The van der Waals surface area contributed by atoms with Crippen LogP contribution >= 0.6 is 27.5 Å². The minimum Gasteiger partial charge on any atom is -0.482 e. The molecule has 0 atom stereocenters. The lowest BCUT2D eigenvalue weighted by molar-refractivity contribution is -0.118. The monoisotopic (exact) mass is 382 g/mol. The molecule has 0 unspecified atom stereocenters. The summed E-state index contributed by atoms with van der Waals surface area (Å²) in [4.78, 5) is 22.8. The fourth-order valence-electron chi connectivity index (χ4n) is 1.65. The number of anilines is 1. The lowest BCUT2D eigenvalue weighted by atomic mass is 10.2. The van der Waals surface area contributed by atoms with Gasteiger partial charge in [-0.1, -0.05) is 27.5 Å². The molecule has 0 saturated carbocycles. The summed E-state index contributed by atoms with van der Waals surface area (Å²) in [5, 5.41) is 3.05. The number of carbonyl (C=O) groups excluding carboxylic acids is 2. The summed E-state index contributed by atoms with van der Waals surface area (Å²) in [5.74, 6) is -0.444. The van der Waals surface area contributed by atoms with E-state index in [9.17, 15) is 9.59 Å². The van der Waals surface area contributed by atoms with Crippen LogP contribution in [-0.2, 0) is 4.79 Å². The number of rotatable bonds is 5. The second kappa shape index (κ2) is 7.29. The van der Waals surface area contributed by atoms with E-state index in [2.05, 4.69) is 21.2 Å². The molecule has 0 bridgehead atoms. The van der Waals surface area contributed by atoms with E-state index in [0.29, 0.717) is 22.0 Å². The molecule has 0 aliphatic rings. The summed E-state index contributed by atoms with van der Waals surface area (Å²) in [7, 11) is 0. The summed E-state index contributed by atoms with van der Waals surface area (Å²) >= 11 is 9.27. The number of hydrogen-bond donors (Lipinski definition) is 2. The minimum absolute atomic E-state index is 0.182. The molecule has 2 amide bonds. The first-order valence-corrected chi connectivity index (χ1v) is 7.40. The summed E-state index contributed by atoms with van der Waals surface area (Å²) in [6, 6.07) is 11.4. The first-order chi connectivity index (χ1) is 10.5. The average Bonchev–Trinajstić information content (AvgIpc) is 2.47. The fraction of sp³-hybridized carbons (Fsp3) is 0.0667. The lowest BCUT2D eigenvalue weighted by Crippen LogP contribution is -2.20. The third-order valence-electron chi connectivity index (χ3n) is 2.71. The molecule has 0 fully saturated rings. The van der Waals surface area contributed by atoms with Gasteiger partial charge in [0.25, 0.3) is 5.91 Å². The van der Waals surface area contributed by atoms with Crippen molar-refractivity contribution in [3.63, 3.8) is 0 Å². The number of nitrogens with one attached hydrogen (secondary N) is 1. The molecule has 114 valence electrons. The van der Waals surface area contributed by atoms with Crippen molar-refractivity contribution in [3.8, 4) is 5.75 Å². The predicted octanol–water partition coefficient (Wildman–Crippen LogP) is 3.22. The van der Waals surface area contributed by atoms with Crippen LogP contribution in [0, 0.1) is 0 Å². The van der Waals surface area contributed by atoms with Crippen molar-refractivity contribution in [3.05, 3.63) is 57.5 Å². The van der Waals surface area contributed by atoms with Crippen LogP contribution < -0.4 is 15.8 Å². The van der Waals surface area contributed by atoms with Crippen molar-refractivity contribution >= 4 is 45.0 Å². The van der Waals surface area contributed by atoms with Crippen molar-refractivity contribution < 1.29 is 14.3 Å². The van der Waals surface area contributed by atoms with Gasteiger partial charge in [0.15, 0.2) is 6.61 Å². The number of ether oxygens (including phenoxy) is 1.